The molecular formula is C13H18N4. The molecule has 0 aliphatic carbocycles. The second-order valence-corrected chi connectivity index (χ2v) is 4.59. The van der Waals surface area contributed by atoms with E-state index in [1.807, 2.05) is 25.5 Å². The van der Waals surface area contributed by atoms with E-state index in [0.717, 1.165) is 18.7 Å². The first kappa shape index (κ1) is 10.6. The Kier molecular flexibility index (Phi) is 2.73. The molecule has 1 unspecified atom stereocenters. The van der Waals surface area contributed by atoms with Crippen LogP contribution in [0.25, 0.3) is 5.65 Å². The Bertz CT molecular complexity index is 505. The molecule has 3 rings (SSSR count). The van der Waals surface area contributed by atoms with Crippen LogP contribution in [0.3, 0.4) is 0 Å². The Morgan fingerprint density at radius 3 is 3.29 bits per heavy atom. The van der Waals surface area contributed by atoms with Gasteiger partial charge in [-0.05, 0) is 32.0 Å². The number of imidazole rings is 1. The van der Waals surface area contributed by atoms with E-state index in [9.17, 15) is 0 Å². The molecule has 1 aliphatic rings. The average Bonchev–Trinajstić information content (AvgIpc) is 2.96. The van der Waals surface area contributed by atoms with Gasteiger partial charge in [0.25, 0.3) is 0 Å². The van der Waals surface area contributed by atoms with Gasteiger partial charge < -0.3 is 10.2 Å². The first-order chi connectivity index (χ1) is 8.40. The van der Waals surface area contributed by atoms with Crippen LogP contribution in [0, 0.1) is 0 Å². The lowest BCUT2D eigenvalue weighted by Crippen LogP contribution is -2.37. The highest BCUT2D eigenvalue weighted by atomic mass is 15.3. The minimum absolute atomic E-state index is 0.605. The zero-order valence-corrected chi connectivity index (χ0v) is 10.1. The van der Waals surface area contributed by atoms with Gasteiger partial charge in [0.05, 0.1) is 0 Å². The topological polar surface area (TPSA) is 32.6 Å². The SMILES string of the molecule is CNCC1CCCN1c1cccc2nccn12. The number of nitrogens with zero attached hydrogens (tertiary/aromatic N) is 3. The van der Waals surface area contributed by atoms with Crippen molar-refractivity contribution in [3.05, 3.63) is 30.6 Å². The van der Waals surface area contributed by atoms with Crippen molar-refractivity contribution in [3.63, 3.8) is 0 Å². The Morgan fingerprint density at radius 1 is 1.47 bits per heavy atom. The van der Waals surface area contributed by atoms with Crippen LogP contribution in [0.5, 0.6) is 0 Å². The molecule has 0 aromatic carbocycles. The molecule has 2 aromatic rings. The zero-order chi connectivity index (χ0) is 11.7. The molecule has 3 heterocycles. The third kappa shape index (κ3) is 1.78. The number of hydrogen-bond donors (Lipinski definition) is 1. The van der Waals surface area contributed by atoms with Crippen molar-refractivity contribution in [2.75, 3.05) is 25.0 Å². The van der Waals surface area contributed by atoms with Gasteiger partial charge in [0.1, 0.15) is 11.5 Å². The fourth-order valence-electron chi connectivity index (χ4n) is 2.75. The van der Waals surface area contributed by atoms with Crippen LogP contribution < -0.4 is 10.2 Å². The van der Waals surface area contributed by atoms with Crippen LogP contribution >= 0.6 is 0 Å². The molecule has 0 radical (unpaired) electrons. The van der Waals surface area contributed by atoms with E-state index >= 15 is 0 Å². The third-order valence-corrected chi connectivity index (χ3v) is 3.52. The number of anilines is 1. The van der Waals surface area contributed by atoms with Crippen LogP contribution in [0.2, 0.25) is 0 Å². The largest absolute Gasteiger partial charge is 0.353 e. The second kappa shape index (κ2) is 4.37. The summed E-state index contributed by atoms with van der Waals surface area (Å²) in [5.74, 6) is 1.26. The summed E-state index contributed by atoms with van der Waals surface area (Å²) in [6, 6.07) is 6.93. The van der Waals surface area contributed by atoms with Gasteiger partial charge in [0.15, 0.2) is 0 Å². The summed E-state index contributed by atoms with van der Waals surface area (Å²) in [6.07, 6.45) is 6.45. The van der Waals surface area contributed by atoms with Crippen molar-refractivity contribution in [2.24, 2.45) is 0 Å². The lowest BCUT2D eigenvalue weighted by Gasteiger charge is -2.27. The average molecular weight is 230 g/mol. The maximum Gasteiger partial charge on any atom is 0.138 e. The van der Waals surface area contributed by atoms with Crippen LogP contribution in [0.4, 0.5) is 5.82 Å². The molecular weight excluding hydrogens is 212 g/mol. The number of pyridine rings is 1. The predicted molar refractivity (Wildman–Crippen MR) is 69.5 cm³/mol. The normalized spacial score (nSPS) is 20.3. The highest BCUT2D eigenvalue weighted by molar-refractivity contribution is 5.52. The van der Waals surface area contributed by atoms with Crippen LogP contribution in [0.15, 0.2) is 30.6 Å². The quantitative estimate of drug-likeness (QED) is 0.867. The molecule has 0 spiro atoms. The molecule has 4 nitrogen and oxygen atoms in total. The summed E-state index contributed by atoms with van der Waals surface area (Å²) >= 11 is 0. The van der Waals surface area contributed by atoms with Crippen molar-refractivity contribution < 1.29 is 0 Å². The van der Waals surface area contributed by atoms with Gasteiger partial charge in [0, 0.05) is 31.5 Å². The lowest BCUT2D eigenvalue weighted by molar-refractivity contribution is 0.610. The molecule has 1 fully saturated rings. The van der Waals surface area contributed by atoms with Gasteiger partial charge in [-0.25, -0.2) is 4.98 Å². The summed E-state index contributed by atoms with van der Waals surface area (Å²) in [7, 11) is 2.02. The number of nitrogens with one attached hydrogen (secondary N) is 1. The number of likely N-dealkylation sites (N-methyl/N-ethyl adjacent to an activating group) is 1. The Balaban J connectivity index is 1.99. The number of hydrogen-bond acceptors (Lipinski definition) is 3. The van der Waals surface area contributed by atoms with E-state index in [1.165, 1.54) is 18.7 Å². The van der Waals surface area contributed by atoms with Gasteiger partial charge in [-0.1, -0.05) is 6.07 Å². The minimum atomic E-state index is 0.605. The van der Waals surface area contributed by atoms with E-state index in [0.29, 0.717) is 6.04 Å². The lowest BCUT2D eigenvalue weighted by atomic mass is 10.2. The number of aromatic nitrogens is 2. The van der Waals surface area contributed by atoms with Crippen molar-refractivity contribution in [1.82, 2.24) is 14.7 Å². The van der Waals surface area contributed by atoms with E-state index in [-0.39, 0.29) is 0 Å². The van der Waals surface area contributed by atoms with Gasteiger partial charge in [0.2, 0.25) is 0 Å². The van der Waals surface area contributed by atoms with E-state index in [1.54, 1.807) is 0 Å². The highest BCUT2D eigenvalue weighted by Gasteiger charge is 2.25. The van der Waals surface area contributed by atoms with Crippen LogP contribution in [0.1, 0.15) is 12.8 Å². The summed E-state index contributed by atoms with van der Waals surface area (Å²) < 4.78 is 2.17. The Hall–Kier alpha value is -1.55. The standard InChI is InChI=1S/C13H18N4/c1-14-10-11-4-3-8-16(11)13-6-2-5-12-15-7-9-17(12)13/h2,5-7,9,11,14H,3-4,8,10H2,1H3. The zero-order valence-electron chi connectivity index (χ0n) is 10.1. The molecule has 0 bridgehead atoms. The van der Waals surface area contributed by atoms with Crippen molar-refractivity contribution in [1.29, 1.82) is 0 Å². The molecule has 0 saturated carbocycles. The molecule has 2 aromatic heterocycles. The number of rotatable bonds is 3. The van der Waals surface area contributed by atoms with Gasteiger partial charge >= 0.3 is 0 Å². The third-order valence-electron chi connectivity index (χ3n) is 3.52. The molecule has 1 saturated heterocycles. The summed E-state index contributed by atoms with van der Waals surface area (Å²) in [5, 5.41) is 3.28. The smallest absolute Gasteiger partial charge is 0.138 e. The van der Waals surface area contributed by atoms with Crippen LogP contribution in [-0.2, 0) is 0 Å². The van der Waals surface area contributed by atoms with Crippen molar-refractivity contribution in [2.45, 2.75) is 18.9 Å². The van der Waals surface area contributed by atoms with Crippen molar-refractivity contribution in [3.8, 4) is 0 Å². The van der Waals surface area contributed by atoms with E-state index in [4.69, 9.17) is 0 Å². The summed E-state index contributed by atoms with van der Waals surface area (Å²) in [6.45, 7) is 2.19. The summed E-state index contributed by atoms with van der Waals surface area (Å²) in [5.41, 5.74) is 1.03. The van der Waals surface area contributed by atoms with Gasteiger partial charge in [-0.15, -0.1) is 0 Å². The molecule has 4 heteroatoms. The Morgan fingerprint density at radius 2 is 2.41 bits per heavy atom. The van der Waals surface area contributed by atoms with E-state index < -0.39 is 0 Å². The van der Waals surface area contributed by atoms with Gasteiger partial charge in [-0.2, -0.15) is 0 Å². The highest BCUT2D eigenvalue weighted by Crippen LogP contribution is 2.25. The fourth-order valence-corrected chi connectivity index (χ4v) is 2.75. The molecule has 17 heavy (non-hydrogen) atoms. The summed E-state index contributed by atoms with van der Waals surface area (Å²) in [4.78, 5) is 6.83. The first-order valence-electron chi connectivity index (χ1n) is 6.23. The van der Waals surface area contributed by atoms with Crippen molar-refractivity contribution >= 4 is 11.5 Å². The molecule has 1 N–H and O–H groups in total. The molecule has 0 amide bonds. The first-order valence-corrected chi connectivity index (χ1v) is 6.23. The van der Waals surface area contributed by atoms with Crippen LogP contribution in [-0.4, -0.2) is 35.6 Å². The van der Waals surface area contributed by atoms with E-state index in [2.05, 4.69) is 31.7 Å². The number of fused-ring (bicyclic) bond motifs is 1. The molecule has 1 aliphatic heterocycles. The molecule has 1 atom stereocenters. The molecule has 90 valence electrons. The predicted octanol–water partition coefficient (Wildman–Crippen LogP) is 1.52. The Labute approximate surface area is 101 Å². The second-order valence-electron chi connectivity index (χ2n) is 4.59. The maximum atomic E-state index is 4.34. The van der Waals surface area contributed by atoms with Gasteiger partial charge in [-0.3, -0.25) is 4.40 Å². The fraction of sp³-hybridized carbons (Fsp3) is 0.462. The maximum absolute atomic E-state index is 4.34. The monoisotopic (exact) mass is 230 g/mol. The minimum Gasteiger partial charge on any atom is -0.353 e.